The molecule has 8 heteroatoms. The highest BCUT2D eigenvalue weighted by atomic mass is 32.2. The summed E-state index contributed by atoms with van der Waals surface area (Å²) in [6.45, 7) is 5.61. The first kappa shape index (κ1) is 17.5. The van der Waals surface area contributed by atoms with Crippen molar-refractivity contribution in [1.29, 1.82) is 0 Å². The minimum absolute atomic E-state index is 0.0330. The average molecular weight is 334 g/mol. The fourth-order valence-electron chi connectivity index (χ4n) is 2.99. The molecule has 0 saturated carbocycles. The number of β-amino-alcohol motifs (C(OH)–C–C–N with tert-alkyl or cyclic N) is 1. The molecule has 22 heavy (non-hydrogen) atoms. The van der Waals surface area contributed by atoms with Crippen LogP contribution in [-0.2, 0) is 14.6 Å². The van der Waals surface area contributed by atoms with E-state index in [1.54, 1.807) is 20.8 Å². The number of rotatable bonds is 2. The summed E-state index contributed by atoms with van der Waals surface area (Å²) in [6.07, 6.45) is 0.479. The Morgan fingerprint density at radius 2 is 1.82 bits per heavy atom. The standard InChI is InChI=1S/C14H26N2O5S/c1-13(2,3)21-12(17)16-8-14(18,9-16)11(15)10-4-6-22(19,20)7-5-10/h10-11,18H,4-9,15H2,1-3H3. The largest absolute Gasteiger partial charge is 0.444 e. The second-order valence-corrected chi connectivity index (χ2v) is 9.76. The number of hydrogen-bond acceptors (Lipinski definition) is 6. The Bertz CT molecular complexity index is 520. The molecule has 0 spiro atoms. The Morgan fingerprint density at radius 1 is 1.32 bits per heavy atom. The van der Waals surface area contributed by atoms with Gasteiger partial charge in [0.1, 0.15) is 21.0 Å². The van der Waals surface area contributed by atoms with Crippen LogP contribution in [0.5, 0.6) is 0 Å². The number of nitrogens with zero attached hydrogens (tertiary/aromatic N) is 1. The number of nitrogens with two attached hydrogens (primary N) is 1. The average Bonchev–Trinajstić information content (AvgIpc) is 2.32. The Morgan fingerprint density at radius 3 is 2.27 bits per heavy atom. The van der Waals surface area contributed by atoms with Gasteiger partial charge in [0.05, 0.1) is 24.6 Å². The first-order valence-electron chi connectivity index (χ1n) is 7.58. The maximum Gasteiger partial charge on any atom is 0.410 e. The summed E-state index contributed by atoms with van der Waals surface area (Å²) in [5, 5.41) is 10.6. The zero-order valence-corrected chi connectivity index (χ0v) is 14.2. The lowest BCUT2D eigenvalue weighted by atomic mass is 9.77. The van der Waals surface area contributed by atoms with Crippen LogP contribution in [0.2, 0.25) is 0 Å². The third kappa shape index (κ3) is 3.91. The fourth-order valence-corrected chi connectivity index (χ4v) is 4.52. The minimum Gasteiger partial charge on any atom is -0.444 e. The summed E-state index contributed by atoms with van der Waals surface area (Å²) >= 11 is 0. The molecule has 2 saturated heterocycles. The molecule has 3 N–H and O–H groups in total. The molecule has 0 bridgehead atoms. The smallest absolute Gasteiger partial charge is 0.410 e. The molecule has 2 heterocycles. The molecule has 128 valence electrons. The first-order chi connectivity index (χ1) is 9.92. The Labute approximate surface area is 131 Å². The summed E-state index contributed by atoms with van der Waals surface area (Å²) in [5.41, 5.74) is 4.41. The monoisotopic (exact) mass is 334 g/mol. The summed E-state index contributed by atoms with van der Waals surface area (Å²) in [4.78, 5) is 13.3. The molecule has 0 radical (unpaired) electrons. The van der Waals surface area contributed by atoms with Gasteiger partial charge in [-0.2, -0.15) is 0 Å². The normalized spacial score (nSPS) is 26.1. The van der Waals surface area contributed by atoms with Crippen molar-refractivity contribution >= 4 is 15.9 Å². The van der Waals surface area contributed by atoms with E-state index in [2.05, 4.69) is 0 Å². The summed E-state index contributed by atoms with van der Waals surface area (Å²) in [7, 11) is -2.95. The predicted molar refractivity (Wildman–Crippen MR) is 82.1 cm³/mol. The van der Waals surface area contributed by atoms with Crippen LogP contribution in [-0.4, -0.2) is 66.4 Å². The van der Waals surface area contributed by atoms with Crippen molar-refractivity contribution in [3.05, 3.63) is 0 Å². The SMILES string of the molecule is CC(C)(C)OC(=O)N1CC(O)(C(N)C2CCS(=O)(=O)CC2)C1. The second-order valence-electron chi connectivity index (χ2n) is 7.46. The van der Waals surface area contributed by atoms with Crippen LogP contribution in [0.4, 0.5) is 4.79 Å². The molecule has 2 aliphatic rings. The van der Waals surface area contributed by atoms with Crippen LogP contribution in [0.15, 0.2) is 0 Å². The zero-order chi connectivity index (χ0) is 16.8. The highest BCUT2D eigenvalue weighted by Gasteiger charge is 2.51. The molecule has 0 aromatic rings. The third-order valence-corrected chi connectivity index (χ3v) is 6.02. The van der Waals surface area contributed by atoms with Gasteiger partial charge in [0, 0.05) is 6.04 Å². The van der Waals surface area contributed by atoms with Gasteiger partial charge in [-0.05, 0) is 39.5 Å². The van der Waals surface area contributed by atoms with E-state index in [9.17, 15) is 18.3 Å². The topological polar surface area (TPSA) is 110 Å². The van der Waals surface area contributed by atoms with E-state index in [-0.39, 0.29) is 30.5 Å². The van der Waals surface area contributed by atoms with Gasteiger partial charge in [-0.3, -0.25) is 0 Å². The lowest BCUT2D eigenvalue weighted by Gasteiger charge is -2.51. The molecule has 2 rings (SSSR count). The summed E-state index contributed by atoms with van der Waals surface area (Å²) < 4.78 is 28.1. The number of carbonyl (C=O) groups excluding carboxylic acids is 1. The zero-order valence-electron chi connectivity index (χ0n) is 13.4. The fraction of sp³-hybridized carbons (Fsp3) is 0.929. The van der Waals surface area contributed by atoms with Gasteiger partial charge in [-0.15, -0.1) is 0 Å². The van der Waals surface area contributed by atoms with E-state index in [4.69, 9.17) is 10.5 Å². The lowest BCUT2D eigenvalue weighted by Crippen LogP contribution is -2.72. The molecule has 2 aliphatic heterocycles. The molecule has 1 amide bonds. The van der Waals surface area contributed by atoms with Crippen molar-refractivity contribution in [2.24, 2.45) is 11.7 Å². The van der Waals surface area contributed by atoms with Crippen molar-refractivity contribution in [2.75, 3.05) is 24.6 Å². The Hall–Kier alpha value is -0.860. The maximum atomic E-state index is 11.9. The number of aliphatic hydroxyl groups is 1. The quantitative estimate of drug-likeness (QED) is 0.742. The number of ether oxygens (including phenoxy) is 1. The molecular weight excluding hydrogens is 308 g/mol. The van der Waals surface area contributed by atoms with Crippen molar-refractivity contribution in [3.8, 4) is 0 Å². The van der Waals surface area contributed by atoms with E-state index >= 15 is 0 Å². The van der Waals surface area contributed by atoms with Gasteiger partial charge in [-0.25, -0.2) is 13.2 Å². The van der Waals surface area contributed by atoms with Crippen LogP contribution in [0.1, 0.15) is 33.6 Å². The summed E-state index contributed by atoms with van der Waals surface area (Å²) in [6, 6.07) is -0.526. The highest BCUT2D eigenvalue weighted by Crippen LogP contribution is 2.33. The second kappa shape index (κ2) is 5.65. The maximum absolute atomic E-state index is 11.9. The number of sulfone groups is 1. The number of likely N-dealkylation sites (tertiary alicyclic amines) is 1. The first-order valence-corrected chi connectivity index (χ1v) is 9.40. The third-order valence-electron chi connectivity index (χ3n) is 4.31. The molecular formula is C14H26N2O5S. The lowest BCUT2D eigenvalue weighted by molar-refractivity contribution is -0.121. The summed E-state index contributed by atoms with van der Waals surface area (Å²) in [5.74, 6) is 0.211. The van der Waals surface area contributed by atoms with Crippen LogP contribution < -0.4 is 5.73 Å². The Kier molecular flexibility index (Phi) is 4.49. The number of amides is 1. The molecule has 0 aliphatic carbocycles. The van der Waals surface area contributed by atoms with Crippen LogP contribution in [0.3, 0.4) is 0 Å². The van der Waals surface area contributed by atoms with Crippen LogP contribution in [0.25, 0.3) is 0 Å². The van der Waals surface area contributed by atoms with Crippen LogP contribution >= 0.6 is 0 Å². The van der Waals surface area contributed by atoms with E-state index in [1.807, 2.05) is 0 Å². The van der Waals surface area contributed by atoms with Gasteiger partial charge in [-0.1, -0.05) is 0 Å². The van der Waals surface area contributed by atoms with Gasteiger partial charge < -0.3 is 20.5 Å². The van der Waals surface area contributed by atoms with E-state index in [1.165, 1.54) is 4.90 Å². The molecule has 1 atom stereocenters. The van der Waals surface area contributed by atoms with Crippen molar-refractivity contribution in [3.63, 3.8) is 0 Å². The van der Waals surface area contributed by atoms with Crippen molar-refractivity contribution < 1.29 is 23.1 Å². The molecule has 1 unspecified atom stereocenters. The highest BCUT2D eigenvalue weighted by molar-refractivity contribution is 7.91. The Balaban J connectivity index is 1.88. The van der Waals surface area contributed by atoms with Crippen LogP contribution in [0, 0.1) is 5.92 Å². The number of carbonyl (C=O) groups is 1. The van der Waals surface area contributed by atoms with Gasteiger partial charge >= 0.3 is 6.09 Å². The van der Waals surface area contributed by atoms with E-state index in [0.717, 1.165) is 0 Å². The van der Waals surface area contributed by atoms with E-state index < -0.39 is 33.2 Å². The van der Waals surface area contributed by atoms with Gasteiger partial charge in [0.25, 0.3) is 0 Å². The minimum atomic E-state index is -2.95. The molecule has 7 nitrogen and oxygen atoms in total. The van der Waals surface area contributed by atoms with Crippen molar-refractivity contribution in [2.45, 2.75) is 50.9 Å². The van der Waals surface area contributed by atoms with E-state index in [0.29, 0.717) is 12.8 Å². The van der Waals surface area contributed by atoms with Gasteiger partial charge in [0.2, 0.25) is 0 Å². The molecule has 0 aromatic carbocycles. The van der Waals surface area contributed by atoms with Gasteiger partial charge in [0.15, 0.2) is 0 Å². The number of hydrogen-bond donors (Lipinski definition) is 2. The van der Waals surface area contributed by atoms with Crippen molar-refractivity contribution in [1.82, 2.24) is 4.90 Å². The molecule has 2 fully saturated rings. The predicted octanol–water partition coefficient (Wildman–Crippen LogP) is 0.120. The molecule has 0 aromatic heterocycles.